The Morgan fingerprint density at radius 1 is 1.08 bits per heavy atom. The maximum atomic E-state index is 12.2. The summed E-state index contributed by atoms with van der Waals surface area (Å²) in [4.78, 5) is 22.7. The number of amides is 1. The largest absolute Gasteiger partial charge is 0.481 e. The number of carboxylic acids is 1. The second-order valence-corrected chi connectivity index (χ2v) is 6.84. The van der Waals surface area contributed by atoms with Gasteiger partial charge in [-0.25, -0.2) is 0 Å². The third kappa shape index (κ3) is 4.46. The number of ether oxygens (including phenoxy) is 3. The molecule has 2 aliphatic heterocycles. The SMILES string of the molecule is O=C(O)CCCCC(=O)NCC1(c2ccc3c(c2)OCO3)CCOCC1. The summed E-state index contributed by atoms with van der Waals surface area (Å²) in [6, 6.07) is 5.97. The quantitative estimate of drug-likeness (QED) is 0.688. The Kier molecular flexibility index (Phi) is 5.98. The maximum Gasteiger partial charge on any atom is 0.303 e. The predicted octanol–water partition coefficient (Wildman–Crippen LogP) is 2.22. The lowest BCUT2D eigenvalue weighted by Gasteiger charge is -2.38. The Hall–Kier alpha value is -2.28. The fraction of sp³-hybridized carbons (Fsp3) is 0.579. The minimum Gasteiger partial charge on any atom is -0.481 e. The molecular formula is C19H25NO6. The van der Waals surface area contributed by atoms with Gasteiger partial charge in [-0.05, 0) is 43.4 Å². The maximum absolute atomic E-state index is 12.2. The molecule has 1 aromatic carbocycles. The zero-order valence-electron chi connectivity index (χ0n) is 14.8. The molecule has 0 aliphatic carbocycles. The van der Waals surface area contributed by atoms with E-state index in [9.17, 15) is 9.59 Å². The van der Waals surface area contributed by atoms with Crippen molar-refractivity contribution < 1.29 is 28.9 Å². The number of nitrogens with one attached hydrogen (secondary N) is 1. The molecule has 142 valence electrons. The van der Waals surface area contributed by atoms with Crippen LogP contribution in [0.1, 0.15) is 44.1 Å². The monoisotopic (exact) mass is 363 g/mol. The van der Waals surface area contributed by atoms with Gasteiger partial charge in [0.2, 0.25) is 12.7 Å². The van der Waals surface area contributed by atoms with E-state index in [0.717, 1.165) is 29.9 Å². The van der Waals surface area contributed by atoms with Crippen LogP contribution in [0, 0.1) is 0 Å². The molecule has 0 saturated carbocycles. The van der Waals surface area contributed by atoms with E-state index in [4.69, 9.17) is 19.3 Å². The van der Waals surface area contributed by atoms with Gasteiger partial charge in [-0.3, -0.25) is 9.59 Å². The van der Waals surface area contributed by atoms with E-state index in [1.165, 1.54) is 0 Å². The Bertz CT molecular complexity index is 653. The molecule has 26 heavy (non-hydrogen) atoms. The van der Waals surface area contributed by atoms with E-state index in [0.29, 0.717) is 39.0 Å². The van der Waals surface area contributed by atoms with E-state index < -0.39 is 5.97 Å². The molecule has 1 amide bonds. The lowest BCUT2D eigenvalue weighted by atomic mass is 9.74. The third-order valence-corrected chi connectivity index (χ3v) is 5.10. The molecule has 0 unspecified atom stereocenters. The lowest BCUT2D eigenvalue weighted by Crippen LogP contribution is -2.44. The number of benzene rings is 1. The summed E-state index contributed by atoms with van der Waals surface area (Å²) < 4.78 is 16.4. The highest BCUT2D eigenvalue weighted by molar-refractivity contribution is 5.76. The van der Waals surface area contributed by atoms with Crippen LogP contribution in [0.5, 0.6) is 11.5 Å². The molecule has 0 spiro atoms. The first kappa shape index (κ1) is 18.5. The number of carbonyl (C=O) groups is 2. The number of fused-ring (bicyclic) bond motifs is 1. The molecule has 1 fully saturated rings. The minimum atomic E-state index is -0.825. The lowest BCUT2D eigenvalue weighted by molar-refractivity contribution is -0.137. The molecule has 2 heterocycles. The second-order valence-electron chi connectivity index (χ2n) is 6.84. The normalized spacial score (nSPS) is 17.7. The minimum absolute atomic E-state index is 0.0398. The van der Waals surface area contributed by atoms with Gasteiger partial charge in [0, 0.05) is 38.0 Å². The van der Waals surface area contributed by atoms with Gasteiger partial charge in [0.25, 0.3) is 0 Å². The van der Waals surface area contributed by atoms with Gasteiger partial charge in [0.1, 0.15) is 0 Å². The van der Waals surface area contributed by atoms with Crippen LogP contribution in [-0.4, -0.2) is 43.5 Å². The Labute approximate surface area is 152 Å². The van der Waals surface area contributed by atoms with Gasteiger partial charge in [-0.15, -0.1) is 0 Å². The van der Waals surface area contributed by atoms with E-state index in [-0.39, 0.29) is 24.5 Å². The van der Waals surface area contributed by atoms with Gasteiger partial charge in [-0.2, -0.15) is 0 Å². The molecule has 0 aromatic heterocycles. The molecule has 7 heteroatoms. The molecule has 3 rings (SSSR count). The first-order valence-corrected chi connectivity index (χ1v) is 9.05. The summed E-state index contributed by atoms with van der Waals surface area (Å²) in [6.45, 7) is 2.08. The molecule has 0 bridgehead atoms. The van der Waals surface area contributed by atoms with Crippen LogP contribution < -0.4 is 14.8 Å². The van der Waals surface area contributed by atoms with E-state index in [1.807, 2.05) is 18.2 Å². The highest BCUT2D eigenvalue weighted by Crippen LogP contribution is 2.40. The van der Waals surface area contributed by atoms with E-state index in [2.05, 4.69) is 5.32 Å². The summed E-state index contributed by atoms with van der Waals surface area (Å²) >= 11 is 0. The van der Waals surface area contributed by atoms with Crippen LogP contribution in [0.3, 0.4) is 0 Å². The van der Waals surface area contributed by atoms with Crippen molar-refractivity contribution in [2.24, 2.45) is 0 Å². The van der Waals surface area contributed by atoms with E-state index >= 15 is 0 Å². The topological polar surface area (TPSA) is 94.1 Å². The fourth-order valence-electron chi connectivity index (χ4n) is 3.47. The highest BCUT2D eigenvalue weighted by atomic mass is 16.7. The van der Waals surface area contributed by atoms with Gasteiger partial charge < -0.3 is 24.6 Å². The Balaban J connectivity index is 1.61. The van der Waals surface area contributed by atoms with Crippen LogP contribution in [0.2, 0.25) is 0 Å². The molecule has 0 radical (unpaired) electrons. The first-order valence-electron chi connectivity index (χ1n) is 9.05. The number of rotatable bonds is 8. The van der Waals surface area contributed by atoms with Crippen molar-refractivity contribution in [2.75, 3.05) is 26.6 Å². The summed E-state index contributed by atoms with van der Waals surface area (Å²) in [5.41, 5.74) is 0.937. The number of unbranched alkanes of at least 4 members (excludes halogenated alkanes) is 1. The highest BCUT2D eigenvalue weighted by Gasteiger charge is 2.36. The average Bonchev–Trinajstić information content (AvgIpc) is 3.12. The summed E-state index contributed by atoms with van der Waals surface area (Å²) in [5.74, 6) is 0.628. The summed E-state index contributed by atoms with van der Waals surface area (Å²) in [7, 11) is 0. The van der Waals surface area contributed by atoms with Crippen LogP contribution in [0.4, 0.5) is 0 Å². The van der Waals surface area contributed by atoms with Crippen molar-refractivity contribution in [3.8, 4) is 11.5 Å². The molecule has 7 nitrogen and oxygen atoms in total. The van der Waals surface area contributed by atoms with Crippen molar-refractivity contribution in [3.63, 3.8) is 0 Å². The third-order valence-electron chi connectivity index (χ3n) is 5.10. The molecule has 2 N–H and O–H groups in total. The zero-order valence-corrected chi connectivity index (χ0v) is 14.8. The standard InChI is InChI=1S/C19H25NO6/c21-17(3-1-2-4-18(22)23)20-12-19(7-9-24-10-8-19)14-5-6-15-16(11-14)26-13-25-15/h5-6,11H,1-4,7-10,12-13H2,(H,20,21)(H,22,23). The smallest absolute Gasteiger partial charge is 0.303 e. The van der Waals surface area contributed by atoms with Crippen molar-refractivity contribution >= 4 is 11.9 Å². The molecule has 1 aromatic rings. The molecular weight excluding hydrogens is 338 g/mol. The van der Waals surface area contributed by atoms with E-state index in [1.54, 1.807) is 0 Å². The Morgan fingerprint density at radius 2 is 1.81 bits per heavy atom. The number of aliphatic carboxylic acids is 1. The van der Waals surface area contributed by atoms with Crippen molar-refractivity contribution in [1.82, 2.24) is 5.32 Å². The summed E-state index contributed by atoms with van der Waals surface area (Å²) in [5, 5.41) is 11.7. The number of carboxylic acid groups (broad SMARTS) is 1. The first-order chi connectivity index (χ1) is 12.6. The van der Waals surface area contributed by atoms with Gasteiger partial charge >= 0.3 is 5.97 Å². The van der Waals surface area contributed by atoms with Crippen molar-refractivity contribution in [1.29, 1.82) is 0 Å². The van der Waals surface area contributed by atoms with Crippen LogP contribution in [0.15, 0.2) is 18.2 Å². The van der Waals surface area contributed by atoms with Gasteiger partial charge in [-0.1, -0.05) is 6.07 Å². The molecule has 2 aliphatic rings. The van der Waals surface area contributed by atoms with Crippen molar-refractivity contribution in [2.45, 2.75) is 43.9 Å². The van der Waals surface area contributed by atoms with Crippen LogP contribution in [-0.2, 0) is 19.7 Å². The van der Waals surface area contributed by atoms with Gasteiger partial charge in [0.15, 0.2) is 11.5 Å². The number of hydrogen-bond donors (Lipinski definition) is 2. The van der Waals surface area contributed by atoms with Gasteiger partial charge in [0.05, 0.1) is 0 Å². The number of carbonyl (C=O) groups excluding carboxylic acids is 1. The average molecular weight is 363 g/mol. The molecule has 1 saturated heterocycles. The van der Waals surface area contributed by atoms with Crippen LogP contribution >= 0.6 is 0 Å². The Morgan fingerprint density at radius 3 is 2.58 bits per heavy atom. The van der Waals surface area contributed by atoms with Crippen LogP contribution in [0.25, 0.3) is 0 Å². The zero-order chi connectivity index (χ0) is 18.4. The molecule has 0 atom stereocenters. The second kappa shape index (κ2) is 8.40. The van der Waals surface area contributed by atoms with Crippen molar-refractivity contribution in [3.05, 3.63) is 23.8 Å². The fourth-order valence-corrected chi connectivity index (χ4v) is 3.47. The summed E-state index contributed by atoms with van der Waals surface area (Å²) in [6.07, 6.45) is 3.20. The predicted molar refractivity (Wildman–Crippen MR) is 93.4 cm³/mol. The number of hydrogen-bond acceptors (Lipinski definition) is 5.